The van der Waals surface area contributed by atoms with Gasteiger partial charge in [-0.1, -0.05) is 44.5 Å². The lowest BCUT2D eigenvalue weighted by molar-refractivity contribution is -0.113. The molecule has 0 bridgehead atoms. The standard InChI is InChI=1S/C16H26O2/c1-5-9-13-10-8-11-14(12-13)15(17)16(4,6-2)18-7-3/h8,10-12,15,17H,5-7,9H2,1-4H3. The first kappa shape index (κ1) is 15.2. The monoisotopic (exact) mass is 250 g/mol. The number of hydrogen-bond acceptors (Lipinski definition) is 2. The van der Waals surface area contributed by atoms with Crippen LogP contribution in [0.3, 0.4) is 0 Å². The number of aliphatic hydroxyl groups is 1. The summed E-state index contributed by atoms with van der Waals surface area (Å²) in [5, 5.41) is 10.5. The second-order valence-corrected chi connectivity index (χ2v) is 5.00. The summed E-state index contributed by atoms with van der Waals surface area (Å²) in [6, 6.07) is 8.22. The highest BCUT2D eigenvalue weighted by Gasteiger charge is 2.32. The smallest absolute Gasteiger partial charge is 0.108 e. The first-order chi connectivity index (χ1) is 8.57. The van der Waals surface area contributed by atoms with Crippen molar-refractivity contribution in [2.75, 3.05) is 6.61 Å². The van der Waals surface area contributed by atoms with Gasteiger partial charge in [0.1, 0.15) is 6.10 Å². The van der Waals surface area contributed by atoms with Gasteiger partial charge in [-0.25, -0.2) is 0 Å². The zero-order valence-electron chi connectivity index (χ0n) is 12.1. The molecule has 0 radical (unpaired) electrons. The van der Waals surface area contributed by atoms with Gasteiger partial charge in [-0.3, -0.25) is 0 Å². The van der Waals surface area contributed by atoms with Crippen LogP contribution in [-0.2, 0) is 11.2 Å². The van der Waals surface area contributed by atoms with Crippen molar-refractivity contribution >= 4 is 0 Å². The normalized spacial score (nSPS) is 16.3. The van der Waals surface area contributed by atoms with E-state index in [-0.39, 0.29) is 0 Å². The van der Waals surface area contributed by atoms with Crippen LogP contribution in [0.25, 0.3) is 0 Å². The fourth-order valence-electron chi connectivity index (χ4n) is 2.26. The van der Waals surface area contributed by atoms with Gasteiger partial charge >= 0.3 is 0 Å². The van der Waals surface area contributed by atoms with Gasteiger partial charge in [-0.2, -0.15) is 0 Å². The summed E-state index contributed by atoms with van der Waals surface area (Å²) in [6.07, 6.45) is 2.40. The second-order valence-electron chi connectivity index (χ2n) is 5.00. The third-order valence-electron chi connectivity index (χ3n) is 3.56. The quantitative estimate of drug-likeness (QED) is 0.796. The molecule has 1 rings (SSSR count). The highest BCUT2D eigenvalue weighted by atomic mass is 16.5. The molecule has 0 fully saturated rings. The lowest BCUT2D eigenvalue weighted by atomic mass is 9.89. The lowest BCUT2D eigenvalue weighted by Gasteiger charge is -2.33. The van der Waals surface area contributed by atoms with Crippen LogP contribution in [0.5, 0.6) is 0 Å². The average molecular weight is 250 g/mol. The van der Waals surface area contributed by atoms with Crippen molar-refractivity contribution < 1.29 is 9.84 Å². The predicted molar refractivity (Wildman–Crippen MR) is 75.7 cm³/mol. The van der Waals surface area contributed by atoms with Gasteiger partial charge in [0.25, 0.3) is 0 Å². The maximum atomic E-state index is 10.5. The molecule has 1 N–H and O–H groups in total. The Kier molecular flexibility index (Phi) is 5.83. The molecule has 18 heavy (non-hydrogen) atoms. The van der Waals surface area contributed by atoms with Crippen LogP contribution in [0.15, 0.2) is 24.3 Å². The van der Waals surface area contributed by atoms with Crippen LogP contribution in [-0.4, -0.2) is 17.3 Å². The van der Waals surface area contributed by atoms with Crippen molar-refractivity contribution in [1.29, 1.82) is 0 Å². The van der Waals surface area contributed by atoms with Gasteiger partial charge in [-0.15, -0.1) is 0 Å². The summed E-state index contributed by atoms with van der Waals surface area (Å²) in [6.45, 7) is 8.78. The molecule has 0 aliphatic heterocycles. The van der Waals surface area contributed by atoms with Gasteiger partial charge in [0, 0.05) is 6.61 Å². The molecule has 0 aliphatic rings. The largest absolute Gasteiger partial charge is 0.385 e. The van der Waals surface area contributed by atoms with Crippen LogP contribution in [0.2, 0.25) is 0 Å². The Bertz CT molecular complexity index is 362. The summed E-state index contributed by atoms with van der Waals surface area (Å²) in [5.74, 6) is 0. The molecule has 0 aliphatic carbocycles. The van der Waals surface area contributed by atoms with Crippen molar-refractivity contribution in [3.8, 4) is 0 Å². The first-order valence-corrected chi connectivity index (χ1v) is 6.98. The maximum Gasteiger partial charge on any atom is 0.108 e. The molecule has 102 valence electrons. The minimum absolute atomic E-state index is 0.500. The summed E-state index contributed by atoms with van der Waals surface area (Å²) < 4.78 is 5.74. The van der Waals surface area contributed by atoms with E-state index in [4.69, 9.17) is 4.74 Å². The maximum absolute atomic E-state index is 10.5. The van der Waals surface area contributed by atoms with Crippen molar-refractivity contribution in [2.24, 2.45) is 0 Å². The van der Waals surface area contributed by atoms with E-state index in [1.54, 1.807) is 0 Å². The SMILES string of the molecule is CCCc1cccc(C(O)C(C)(CC)OCC)c1. The van der Waals surface area contributed by atoms with Crippen LogP contribution in [0.4, 0.5) is 0 Å². The van der Waals surface area contributed by atoms with Gasteiger partial charge in [-0.05, 0) is 37.8 Å². The molecule has 0 spiro atoms. The molecular formula is C16H26O2. The fourth-order valence-corrected chi connectivity index (χ4v) is 2.26. The van der Waals surface area contributed by atoms with Crippen molar-refractivity contribution in [2.45, 2.75) is 58.7 Å². The Morgan fingerprint density at radius 2 is 2.00 bits per heavy atom. The van der Waals surface area contributed by atoms with E-state index in [9.17, 15) is 5.11 Å². The molecule has 1 aromatic carbocycles. The lowest BCUT2D eigenvalue weighted by Crippen LogP contribution is -2.35. The Morgan fingerprint density at radius 3 is 2.56 bits per heavy atom. The van der Waals surface area contributed by atoms with Crippen LogP contribution >= 0.6 is 0 Å². The molecule has 2 unspecified atom stereocenters. The van der Waals surface area contributed by atoms with Crippen LogP contribution in [0, 0.1) is 0 Å². The topological polar surface area (TPSA) is 29.5 Å². The second kappa shape index (κ2) is 6.91. The molecule has 0 saturated carbocycles. The molecular weight excluding hydrogens is 224 g/mol. The van der Waals surface area contributed by atoms with Gasteiger partial charge < -0.3 is 9.84 Å². The molecule has 2 nitrogen and oxygen atoms in total. The highest BCUT2D eigenvalue weighted by Crippen LogP contribution is 2.32. The highest BCUT2D eigenvalue weighted by molar-refractivity contribution is 5.27. The molecule has 1 aromatic rings. The Balaban J connectivity index is 2.94. The third-order valence-corrected chi connectivity index (χ3v) is 3.56. The van der Waals surface area contributed by atoms with Crippen molar-refractivity contribution in [1.82, 2.24) is 0 Å². The number of aryl methyl sites for hydroxylation is 1. The van der Waals surface area contributed by atoms with Crippen LogP contribution in [0.1, 0.15) is 57.8 Å². The Hall–Kier alpha value is -0.860. The van der Waals surface area contributed by atoms with E-state index >= 15 is 0 Å². The fraction of sp³-hybridized carbons (Fsp3) is 0.625. The summed E-state index contributed by atoms with van der Waals surface area (Å²) in [4.78, 5) is 0. The Labute approximate surface area is 111 Å². The zero-order valence-corrected chi connectivity index (χ0v) is 12.1. The van der Waals surface area contributed by atoms with Crippen molar-refractivity contribution in [3.05, 3.63) is 35.4 Å². The third kappa shape index (κ3) is 3.56. The first-order valence-electron chi connectivity index (χ1n) is 6.98. The van der Waals surface area contributed by atoms with Gasteiger partial charge in [0.15, 0.2) is 0 Å². The minimum Gasteiger partial charge on any atom is -0.385 e. The van der Waals surface area contributed by atoms with E-state index in [0.717, 1.165) is 24.8 Å². The minimum atomic E-state index is -0.570. The summed E-state index contributed by atoms with van der Waals surface area (Å²) in [7, 11) is 0. The number of hydrogen-bond donors (Lipinski definition) is 1. The van der Waals surface area contributed by atoms with Gasteiger partial charge in [0.05, 0.1) is 5.60 Å². The molecule has 0 saturated heterocycles. The predicted octanol–water partition coefficient (Wildman–Crippen LogP) is 3.88. The molecule has 2 atom stereocenters. The van der Waals surface area contributed by atoms with Crippen LogP contribution < -0.4 is 0 Å². The Morgan fingerprint density at radius 1 is 1.28 bits per heavy atom. The summed E-state index contributed by atoms with van der Waals surface area (Å²) >= 11 is 0. The molecule has 0 heterocycles. The number of rotatable bonds is 7. The van der Waals surface area contributed by atoms with E-state index in [0.29, 0.717) is 6.61 Å². The molecule has 0 amide bonds. The van der Waals surface area contributed by atoms with E-state index in [1.165, 1.54) is 5.56 Å². The van der Waals surface area contributed by atoms with E-state index in [1.807, 2.05) is 26.0 Å². The molecule has 0 aromatic heterocycles. The van der Waals surface area contributed by atoms with Gasteiger partial charge in [0.2, 0.25) is 0 Å². The molecule has 2 heteroatoms. The van der Waals surface area contributed by atoms with E-state index in [2.05, 4.69) is 26.0 Å². The number of ether oxygens (including phenoxy) is 1. The van der Waals surface area contributed by atoms with E-state index < -0.39 is 11.7 Å². The zero-order chi connectivity index (χ0) is 13.6. The average Bonchev–Trinajstić information content (AvgIpc) is 2.39. The summed E-state index contributed by atoms with van der Waals surface area (Å²) in [5.41, 5.74) is 1.74. The number of aliphatic hydroxyl groups excluding tert-OH is 1. The number of benzene rings is 1. The van der Waals surface area contributed by atoms with Crippen molar-refractivity contribution in [3.63, 3.8) is 0 Å².